The van der Waals surface area contributed by atoms with E-state index in [4.69, 9.17) is 0 Å². The number of fused-ring (bicyclic) bond motifs is 3. The molecule has 152 valence electrons. The molecule has 3 aromatic heterocycles. The molecule has 2 aromatic carbocycles. The first-order valence-electron chi connectivity index (χ1n) is 10.0. The summed E-state index contributed by atoms with van der Waals surface area (Å²) >= 11 is 0. The van der Waals surface area contributed by atoms with E-state index in [9.17, 15) is 9.59 Å². The van der Waals surface area contributed by atoms with Crippen LogP contribution in [0.4, 0.5) is 5.69 Å². The average molecular weight is 408 g/mol. The number of anilines is 1. The molecule has 0 bridgehead atoms. The van der Waals surface area contributed by atoms with Gasteiger partial charge in [0.1, 0.15) is 5.52 Å². The number of para-hydroxylation sites is 1. The van der Waals surface area contributed by atoms with Crippen LogP contribution in [0.25, 0.3) is 16.7 Å². The Bertz CT molecular complexity index is 1480. The van der Waals surface area contributed by atoms with E-state index in [-0.39, 0.29) is 11.5 Å². The molecule has 0 fully saturated rings. The van der Waals surface area contributed by atoms with Gasteiger partial charge in [0.2, 0.25) is 0 Å². The average Bonchev–Trinajstić information content (AvgIpc) is 3.29. The van der Waals surface area contributed by atoms with E-state index in [2.05, 4.69) is 10.3 Å². The van der Waals surface area contributed by atoms with Crippen LogP contribution in [-0.2, 0) is 6.54 Å². The molecule has 1 N–H and O–H groups in total. The van der Waals surface area contributed by atoms with Crippen LogP contribution >= 0.6 is 0 Å². The molecule has 5 rings (SSSR count). The summed E-state index contributed by atoms with van der Waals surface area (Å²) in [4.78, 5) is 30.1. The van der Waals surface area contributed by atoms with Crippen molar-refractivity contribution in [3.63, 3.8) is 0 Å². The number of hydrogen-bond acceptors (Lipinski definition) is 3. The lowest BCUT2D eigenvalue weighted by Gasteiger charge is -2.12. The highest BCUT2D eigenvalue weighted by atomic mass is 16.1. The first-order chi connectivity index (χ1) is 15.1. The fourth-order valence-electron chi connectivity index (χ4n) is 3.78. The van der Waals surface area contributed by atoms with Crippen LogP contribution < -0.4 is 10.9 Å². The standard InChI is InChI=1S/C25H20N4O2/c1-17-6-2-3-7-20(17)27-24(30)19-12-10-18(11-13-19)16-29-23-21(8-4-14-26-23)28-15-5-9-22(28)25(29)31/h2-15H,16H2,1H3,(H,27,30). The summed E-state index contributed by atoms with van der Waals surface area (Å²) in [5.74, 6) is -0.167. The van der Waals surface area contributed by atoms with E-state index in [1.165, 1.54) is 0 Å². The van der Waals surface area contributed by atoms with Crippen molar-refractivity contribution in [3.8, 4) is 0 Å². The highest BCUT2D eigenvalue weighted by molar-refractivity contribution is 6.04. The molecular formula is C25H20N4O2. The van der Waals surface area contributed by atoms with Crippen LogP contribution in [0.2, 0.25) is 0 Å². The number of hydrogen-bond donors (Lipinski definition) is 1. The topological polar surface area (TPSA) is 68.4 Å². The predicted octanol–water partition coefficient (Wildman–Crippen LogP) is 4.26. The number of carbonyl (C=O) groups excluding carboxylic acids is 1. The summed E-state index contributed by atoms with van der Waals surface area (Å²) < 4.78 is 3.53. The molecule has 0 saturated heterocycles. The maximum absolute atomic E-state index is 13.1. The number of nitrogens with one attached hydrogen (secondary N) is 1. The summed E-state index contributed by atoms with van der Waals surface area (Å²) in [5.41, 5.74) is 5.27. The van der Waals surface area contributed by atoms with Crippen molar-refractivity contribution in [2.24, 2.45) is 0 Å². The van der Waals surface area contributed by atoms with Crippen LogP contribution in [0, 0.1) is 6.92 Å². The van der Waals surface area contributed by atoms with Gasteiger partial charge in [-0.25, -0.2) is 4.98 Å². The van der Waals surface area contributed by atoms with Crippen molar-refractivity contribution < 1.29 is 4.79 Å². The molecule has 0 unspecified atom stereocenters. The minimum absolute atomic E-state index is 0.0995. The highest BCUT2D eigenvalue weighted by Crippen LogP contribution is 2.17. The zero-order valence-corrected chi connectivity index (χ0v) is 16.9. The zero-order chi connectivity index (χ0) is 21.4. The van der Waals surface area contributed by atoms with Gasteiger partial charge in [-0.1, -0.05) is 30.3 Å². The first-order valence-corrected chi connectivity index (χ1v) is 10.0. The summed E-state index contributed by atoms with van der Waals surface area (Å²) in [7, 11) is 0. The van der Waals surface area contributed by atoms with Gasteiger partial charge < -0.3 is 9.72 Å². The second kappa shape index (κ2) is 7.57. The van der Waals surface area contributed by atoms with Crippen LogP contribution in [-0.4, -0.2) is 19.9 Å². The molecule has 0 spiro atoms. The van der Waals surface area contributed by atoms with E-state index in [1.54, 1.807) is 22.9 Å². The molecule has 0 atom stereocenters. The van der Waals surface area contributed by atoms with E-state index < -0.39 is 0 Å². The Labute approximate surface area is 178 Å². The van der Waals surface area contributed by atoms with Crippen molar-refractivity contribution >= 4 is 28.3 Å². The number of amides is 1. The SMILES string of the molecule is Cc1ccccc1NC(=O)c1ccc(Cn2c(=O)c3cccn3c3cccnc32)cc1. The Kier molecular flexibility index (Phi) is 4.59. The van der Waals surface area contributed by atoms with E-state index in [1.807, 2.05) is 78.2 Å². The van der Waals surface area contributed by atoms with Gasteiger partial charge >= 0.3 is 0 Å². The Balaban J connectivity index is 1.45. The molecule has 6 heteroatoms. The molecular weight excluding hydrogens is 388 g/mol. The molecule has 31 heavy (non-hydrogen) atoms. The lowest BCUT2D eigenvalue weighted by molar-refractivity contribution is 0.102. The lowest BCUT2D eigenvalue weighted by atomic mass is 10.1. The second-order valence-electron chi connectivity index (χ2n) is 7.47. The molecule has 0 aliphatic carbocycles. The Morgan fingerprint density at radius 2 is 1.71 bits per heavy atom. The number of benzene rings is 2. The third kappa shape index (κ3) is 3.38. The molecule has 0 aliphatic heterocycles. The van der Waals surface area contributed by atoms with E-state index in [0.29, 0.717) is 23.3 Å². The van der Waals surface area contributed by atoms with Gasteiger partial charge in [-0.15, -0.1) is 0 Å². The van der Waals surface area contributed by atoms with E-state index >= 15 is 0 Å². The van der Waals surface area contributed by atoms with Gasteiger partial charge in [-0.05, 0) is 60.5 Å². The van der Waals surface area contributed by atoms with Crippen LogP contribution in [0.15, 0.2) is 90.0 Å². The van der Waals surface area contributed by atoms with E-state index in [0.717, 1.165) is 22.3 Å². The van der Waals surface area contributed by atoms with Crippen molar-refractivity contribution in [2.75, 3.05) is 5.32 Å². The second-order valence-corrected chi connectivity index (χ2v) is 7.47. The van der Waals surface area contributed by atoms with Crippen molar-refractivity contribution in [2.45, 2.75) is 13.5 Å². The zero-order valence-electron chi connectivity index (χ0n) is 16.9. The normalized spacial score (nSPS) is 11.1. The molecule has 1 amide bonds. The molecule has 0 saturated carbocycles. The first kappa shape index (κ1) is 18.8. The summed E-state index contributed by atoms with van der Waals surface area (Å²) in [6.07, 6.45) is 3.56. The summed E-state index contributed by atoms with van der Waals surface area (Å²) in [6, 6.07) is 22.4. The minimum atomic E-state index is -0.167. The Morgan fingerprint density at radius 1 is 0.935 bits per heavy atom. The fraction of sp³-hybridized carbons (Fsp3) is 0.0800. The molecule has 6 nitrogen and oxygen atoms in total. The van der Waals surface area contributed by atoms with Gasteiger partial charge in [0.25, 0.3) is 11.5 Å². The molecule has 3 heterocycles. The Morgan fingerprint density at radius 3 is 2.52 bits per heavy atom. The monoisotopic (exact) mass is 408 g/mol. The van der Waals surface area contributed by atoms with Gasteiger partial charge in [-0.3, -0.25) is 14.2 Å². The number of pyridine rings is 1. The van der Waals surface area contributed by atoms with Crippen molar-refractivity contribution in [1.82, 2.24) is 14.0 Å². The molecule has 5 aromatic rings. The third-order valence-electron chi connectivity index (χ3n) is 5.44. The maximum Gasteiger partial charge on any atom is 0.276 e. The van der Waals surface area contributed by atoms with Gasteiger partial charge in [-0.2, -0.15) is 0 Å². The van der Waals surface area contributed by atoms with Crippen molar-refractivity contribution in [3.05, 3.63) is 112 Å². The van der Waals surface area contributed by atoms with Crippen molar-refractivity contribution in [1.29, 1.82) is 0 Å². The predicted molar refractivity (Wildman–Crippen MR) is 122 cm³/mol. The van der Waals surface area contributed by atoms with Gasteiger partial charge in [0, 0.05) is 23.6 Å². The number of aryl methyl sites for hydroxylation is 1. The third-order valence-corrected chi connectivity index (χ3v) is 5.44. The van der Waals surface area contributed by atoms with Crippen LogP contribution in [0.3, 0.4) is 0 Å². The largest absolute Gasteiger partial charge is 0.322 e. The summed E-state index contributed by atoms with van der Waals surface area (Å²) in [5, 5.41) is 2.94. The molecule has 0 radical (unpaired) electrons. The number of nitrogens with zero attached hydrogens (tertiary/aromatic N) is 3. The minimum Gasteiger partial charge on any atom is -0.322 e. The highest BCUT2D eigenvalue weighted by Gasteiger charge is 2.12. The maximum atomic E-state index is 13.1. The quantitative estimate of drug-likeness (QED) is 0.483. The van der Waals surface area contributed by atoms with Crippen LogP contribution in [0.1, 0.15) is 21.5 Å². The van der Waals surface area contributed by atoms with Crippen LogP contribution in [0.5, 0.6) is 0 Å². The summed E-state index contributed by atoms with van der Waals surface area (Å²) in [6.45, 7) is 2.32. The van der Waals surface area contributed by atoms with Gasteiger partial charge in [0.15, 0.2) is 5.65 Å². The number of carbonyl (C=O) groups is 1. The number of rotatable bonds is 4. The smallest absolute Gasteiger partial charge is 0.276 e. The Hall–Kier alpha value is -4.19. The van der Waals surface area contributed by atoms with Gasteiger partial charge in [0.05, 0.1) is 12.1 Å². The fourth-order valence-corrected chi connectivity index (χ4v) is 3.78. The lowest BCUT2D eigenvalue weighted by Crippen LogP contribution is -2.24. The number of aromatic nitrogens is 3. The molecule has 0 aliphatic rings.